The fourth-order valence-corrected chi connectivity index (χ4v) is 3.33. The van der Waals surface area contributed by atoms with Crippen LogP contribution in [0.5, 0.6) is 5.75 Å². The van der Waals surface area contributed by atoms with Gasteiger partial charge in [0.2, 0.25) is 0 Å². The predicted molar refractivity (Wildman–Crippen MR) is 102 cm³/mol. The van der Waals surface area contributed by atoms with Gasteiger partial charge >= 0.3 is 5.63 Å². The van der Waals surface area contributed by atoms with Gasteiger partial charge in [-0.2, -0.15) is 10.2 Å². The van der Waals surface area contributed by atoms with Crippen molar-refractivity contribution in [1.82, 2.24) is 9.78 Å². The van der Waals surface area contributed by atoms with Crippen LogP contribution in [-0.2, 0) is 6.54 Å². The normalized spacial score (nSPS) is 16.6. The molecule has 0 radical (unpaired) electrons. The number of para-hydroxylation sites is 1. The van der Waals surface area contributed by atoms with Gasteiger partial charge in [0.05, 0.1) is 23.6 Å². The molecule has 1 aromatic carbocycles. The van der Waals surface area contributed by atoms with Crippen LogP contribution >= 0.6 is 0 Å². The highest BCUT2D eigenvalue weighted by molar-refractivity contribution is 6.04. The Morgan fingerprint density at radius 3 is 2.74 bits per heavy atom. The summed E-state index contributed by atoms with van der Waals surface area (Å²) in [5.74, 6) is 0.251. The molecule has 0 unspecified atom stereocenters. The lowest BCUT2D eigenvalue weighted by Crippen LogP contribution is -2.18. The molecule has 1 aliphatic heterocycles. The molecule has 2 aromatic heterocycles. The molecule has 4 rings (SSSR count). The van der Waals surface area contributed by atoms with E-state index in [2.05, 4.69) is 10.2 Å². The van der Waals surface area contributed by atoms with Crippen LogP contribution in [0.2, 0.25) is 0 Å². The Balaban J connectivity index is 1.80. The first-order valence-electron chi connectivity index (χ1n) is 8.85. The minimum absolute atomic E-state index is 0.111. The second-order valence-corrected chi connectivity index (χ2v) is 6.48. The van der Waals surface area contributed by atoms with Crippen LogP contribution in [0.25, 0.3) is 0 Å². The first kappa shape index (κ1) is 17.1. The summed E-state index contributed by atoms with van der Waals surface area (Å²) in [6.07, 6.45) is 4.27. The molecule has 1 N–H and O–H groups in total. The number of aromatic hydroxyl groups is 1. The van der Waals surface area contributed by atoms with Crippen molar-refractivity contribution in [2.75, 3.05) is 5.01 Å². The Bertz CT molecular complexity index is 1050. The van der Waals surface area contributed by atoms with Crippen LogP contribution in [0.1, 0.15) is 36.3 Å². The van der Waals surface area contributed by atoms with Crippen molar-refractivity contribution in [2.45, 2.75) is 32.9 Å². The van der Waals surface area contributed by atoms with Crippen molar-refractivity contribution in [1.29, 1.82) is 0 Å². The smallest absolute Gasteiger partial charge is 0.348 e. The maximum absolute atomic E-state index is 12.3. The Hall–Kier alpha value is -3.35. The van der Waals surface area contributed by atoms with Gasteiger partial charge in [-0.1, -0.05) is 18.2 Å². The molecular weight excluding hydrogens is 344 g/mol. The van der Waals surface area contributed by atoms with Crippen molar-refractivity contribution in [3.8, 4) is 5.75 Å². The van der Waals surface area contributed by atoms with E-state index in [1.807, 2.05) is 59.3 Å². The molecule has 0 saturated heterocycles. The number of rotatable bonds is 4. The highest BCUT2D eigenvalue weighted by Crippen LogP contribution is 2.37. The molecule has 1 aliphatic rings. The average molecular weight is 364 g/mol. The maximum atomic E-state index is 12.3. The number of hydrogen-bond donors (Lipinski definition) is 1. The van der Waals surface area contributed by atoms with Gasteiger partial charge in [-0.3, -0.25) is 9.69 Å². The van der Waals surface area contributed by atoms with Crippen LogP contribution in [-0.4, -0.2) is 20.6 Å². The standard InChI is InChI=1S/C20H20N4O3/c1-3-23-12-14(11-21-23)17-10-16(19-18(25)9-13(2)27-20(19)26)22-24(17)15-7-5-4-6-8-15/h4-9,11-12,17,25H,3,10H2,1-2H3/t17-/m0/s1. The number of anilines is 1. The van der Waals surface area contributed by atoms with Crippen LogP contribution < -0.4 is 10.6 Å². The van der Waals surface area contributed by atoms with E-state index in [1.165, 1.54) is 6.07 Å². The van der Waals surface area contributed by atoms with Crippen molar-refractivity contribution in [3.05, 3.63) is 76.1 Å². The fourth-order valence-electron chi connectivity index (χ4n) is 3.33. The first-order valence-corrected chi connectivity index (χ1v) is 8.85. The number of nitrogens with zero attached hydrogens (tertiary/aromatic N) is 4. The third-order valence-electron chi connectivity index (χ3n) is 4.64. The fraction of sp³-hybridized carbons (Fsp3) is 0.250. The van der Waals surface area contributed by atoms with Crippen molar-refractivity contribution >= 4 is 11.4 Å². The summed E-state index contributed by atoms with van der Waals surface area (Å²) in [5.41, 5.74) is 1.93. The van der Waals surface area contributed by atoms with E-state index in [-0.39, 0.29) is 17.4 Å². The number of hydrazone groups is 1. The predicted octanol–water partition coefficient (Wildman–Crippen LogP) is 3.23. The minimum atomic E-state index is -0.579. The van der Waals surface area contributed by atoms with E-state index in [9.17, 15) is 9.90 Å². The Morgan fingerprint density at radius 1 is 1.30 bits per heavy atom. The lowest BCUT2D eigenvalue weighted by molar-refractivity contribution is 0.432. The zero-order chi connectivity index (χ0) is 19.0. The Labute approximate surface area is 156 Å². The van der Waals surface area contributed by atoms with E-state index < -0.39 is 5.63 Å². The van der Waals surface area contributed by atoms with Gasteiger partial charge in [0, 0.05) is 30.8 Å². The summed E-state index contributed by atoms with van der Waals surface area (Å²) in [5, 5.41) is 21.2. The molecular formula is C20H20N4O3. The SMILES string of the molecule is CCn1cc([C@@H]2CC(c3c(O)cc(C)oc3=O)=NN2c2ccccc2)cn1. The summed E-state index contributed by atoms with van der Waals surface area (Å²) in [7, 11) is 0. The summed E-state index contributed by atoms with van der Waals surface area (Å²) < 4.78 is 7.03. The zero-order valence-corrected chi connectivity index (χ0v) is 15.2. The van der Waals surface area contributed by atoms with Crippen LogP contribution in [0.3, 0.4) is 0 Å². The van der Waals surface area contributed by atoms with Gasteiger partial charge in [0.1, 0.15) is 17.1 Å². The van der Waals surface area contributed by atoms with E-state index in [0.717, 1.165) is 17.8 Å². The zero-order valence-electron chi connectivity index (χ0n) is 15.2. The molecule has 0 fully saturated rings. The minimum Gasteiger partial charge on any atom is -0.507 e. The molecule has 1 atom stereocenters. The van der Waals surface area contributed by atoms with Crippen LogP contribution in [0.15, 0.2) is 63.1 Å². The highest BCUT2D eigenvalue weighted by Gasteiger charge is 2.33. The Morgan fingerprint density at radius 2 is 2.07 bits per heavy atom. The van der Waals surface area contributed by atoms with Gasteiger partial charge < -0.3 is 9.52 Å². The summed E-state index contributed by atoms with van der Waals surface area (Å²) in [6.45, 7) is 4.42. The third-order valence-corrected chi connectivity index (χ3v) is 4.64. The van der Waals surface area contributed by atoms with Crippen LogP contribution in [0.4, 0.5) is 5.69 Å². The number of hydrogen-bond acceptors (Lipinski definition) is 6. The van der Waals surface area contributed by atoms with Crippen molar-refractivity contribution in [2.24, 2.45) is 5.10 Å². The molecule has 0 aliphatic carbocycles. The molecule has 27 heavy (non-hydrogen) atoms. The average Bonchev–Trinajstić information content (AvgIpc) is 3.28. The molecule has 7 heteroatoms. The monoisotopic (exact) mass is 364 g/mol. The highest BCUT2D eigenvalue weighted by atomic mass is 16.4. The lowest BCUT2D eigenvalue weighted by Gasteiger charge is -2.22. The number of aryl methyl sites for hydroxylation is 2. The number of aromatic nitrogens is 2. The maximum Gasteiger partial charge on any atom is 0.348 e. The largest absolute Gasteiger partial charge is 0.507 e. The summed E-state index contributed by atoms with van der Waals surface area (Å²) >= 11 is 0. The van der Waals surface area contributed by atoms with Gasteiger partial charge in [-0.15, -0.1) is 0 Å². The van der Waals surface area contributed by atoms with Gasteiger partial charge in [0.25, 0.3) is 0 Å². The summed E-state index contributed by atoms with van der Waals surface area (Å²) in [6, 6.07) is 11.1. The second kappa shape index (κ2) is 6.75. The molecule has 0 bridgehead atoms. The van der Waals surface area contributed by atoms with E-state index in [0.29, 0.717) is 17.9 Å². The van der Waals surface area contributed by atoms with Gasteiger partial charge in [-0.05, 0) is 26.0 Å². The Kier molecular flexibility index (Phi) is 4.27. The third kappa shape index (κ3) is 3.12. The molecule has 7 nitrogen and oxygen atoms in total. The first-order chi connectivity index (χ1) is 13.1. The molecule has 138 valence electrons. The summed E-state index contributed by atoms with van der Waals surface area (Å²) in [4.78, 5) is 12.3. The van der Waals surface area contributed by atoms with E-state index >= 15 is 0 Å². The van der Waals surface area contributed by atoms with Crippen molar-refractivity contribution in [3.63, 3.8) is 0 Å². The van der Waals surface area contributed by atoms with Gasteiger partial charge in [-0.25, -0.2) is 4.79 Å². The molecule has 3 heterocycles. The molecule has 0 spiro atoms. The van der Waals surface area contributed by atoms with E-state index in [1.54, 1.807) is 6.92 Å². The molecule has 3 aromatic rings. The molecule has 0 saturated carbocycles. The lowest BCUT2D eigenvalue weighted by atomic mass is 10.0. The second-order valence-electron chi connectivity index (χ2n) is 6.48. The molecule has 0 amide bonds. The number of benzene rings is 1. The topological polar surface area (TPSA) is 83.9 Å². The van der Waals surface area contributed by atoms with E-state index in [4.69, 9.17) is 4.42 Å². The van der Waals surface area contributed by atoms with Gasteiger partial charge in [0.15, 0.2) is 0 Å². The van der Waals surface area contributed by atoms with Crippen LogP contribution in [0, 0.1) is 6.92 Å². The quantitative estimate of drug-likeness (QED) is 0.768. The van der Waals surface area contributed by atoms with Crippen molar-refractivity contribution < 1.29 is 9.52 Å².